The maximum atomic E-state index is 13.8. The van der Waals surface area contributed by atoms with Crippen LogP contribution in [0.3, 0.4) is 0 Å². The second kappa shape index (κ2) is 10.9. The molecule has 1 aliphatic carbocycles. The fourth-order valence-corrected chi connectivity index (χ4v) is 3.55. The average molecular weight is 426 g/mol. The minimum absolute atomic E-state index is 0.239. The van der Waals surface area contributed by atoms with Gasteiger partial charge in [-0.25, -0.2) is 19.1 Å². The number of carbonyl (C=O) groups is 3. The zero-order chi connectivity index (χ0) is 22.3. The molecule has 0 unspecified atom stereocenters. The van der Waals surface area contributed by atoms with Crippen LogP contribution in [0.2, 0.25) is 0 Å². The van der Waals surface area contributed by atoms with Crippen LogP contribution in [-0.4, -0.2) is 47.1 Å². The summed E-state index contributed by atoms with van der Waals surface area (Å²) in [6.45, 7) is 3.41. The smallest absolute Gasteiger partial charge is 0.319 e. The van der Waals surface area contributed by atoms with Crippen molar-refractivity contribution in [2.45, 2.75) is 45.6 Å². The molecule has 1 fully saturated rings. The van der Waals surface area contributed by atoms with E-state index in [4.69, 9.17) is 5.21 Å². The molecule has 4 amide bonds. The Bertz CT molecular complexity index is 769. The molecule has 10 heteroatoms. The highest BCUT2D eigenvalue weighted by Crippen LogP contribution is 2.26. The summed E-state index contributed by atoms with van der Waals surface area (Å²) >= 11 is 0. The Labute approximate surface area is 174 Å². The van der Waals surface area contributed by atoms with Crippen LogP contribution in [0, 0.1) is 23.5 Å². The van der Waals surface area contributed by atoms with Crippen molar-refractivity contribution >= 4 is 23.5 Å². The van der Waals surface area contributed by atoms with Crippen LogP contribution in [0.4, 0.5) is 19.3 Å². The van der Waals surface area contributed by atoms with E-state index >= 15 is 0 Å². The normalized spacial score (nSPS) is 15.0. The number of halogens is 2. The predicted octanol–water partition coefficient (Wildman–Crippen LogP) is 2.64. The standard InChI is InChI=1S/C20H28F2N4O4/c1-12(2)18(24-20(29)23-16-9-14(21)7-8-15(16)22)19(28)26(11-17(27)25-30)10-13-5-3-4-6-13/h7-9,12-13,18,30H,3-6,10-11H2,1-2H3,(H,25,27)(H2,23,24,29)/t18-/m0/s1. The van der Waals surface area contributed by atoms with E-state index in [0.29, 0.717) is 6.54 Å². The molecule has 166 valence electrons. The molecule has 1 aromatic rings. The van der Waals surface area contributed by atoms with Gasteiger partial charge in [0.25, 0.3) is 5.91 Å². The second-order valence-corrected chi connectivity index (χ2v) is 7.85. The molecule has 0 aliphatic heterocycles. The van der Waals surface area contributed by atoms with Crippen molar-refractivity contribution in [3.8, 4) is 0 Å². The van der Waals surface area contributed by atoms with Crippen LogP contribution in [0.25, 0.3) is 0 Å². The third-order valence-electron chi connectivity index (χ3n) is 5.12. The van der Waals surface area contributed by atoms with Gasteiger partial charge >= 0.3 is 6.03 Å². The van der Waals surface area contributed by atoms with E-state index in [1.54, 1.807) is 13.8 Å². The molecular weight excluding hydrogens is 398 g/mol. The van der Waals surface area contributed by atoms with Gasteiger partial charge in [-0.2, -0.15) is 0 Å². The summed E-state index contributed by atoms with van der Waals surface area (Å²) in [6, 6.07) is 0.756. The van der Waals surface area contributed by atoms with E-state index in [-0.39, 0.29) is 24.1 Å². The Balaban J connectivity index is 2.11. The molecule has 0 heterocycles. The van der Waals surface area contributed by atoms with Gasteiger partial charge in [-0.15, -0.1) is 0 Å². The van der Waals surface area contributed by atoms with Crippen LogP contribution in [-0.2, 0) is 9.59 Å². The maximum Gasteiger partial charge on any atom is 0.319 e. The van der Waals surface area contributed by atoms with E-state index < -0.39 is 35.5 Å². The second-order valence-electron chi connectivity index (χ2n) is 7.85. The van der Waals surface area contributed by atoms with Gasteiger partial charge in [0.2, 0.25) is 5.91 Å². The lowest BCUT2D eigenvalue weighted by atomic mass is 10.0. The Morgan fingerprint density at radius 1 is 1.20 bits per heavy atom. The lowest BCUT2D eigenvalue weighted by molar-refractivity contribution is -0.141. The number of urea groups is 1. The van der Waals surface area contributed by atoms with Crippen LogP contribution in [0.5, 0.6) is 0 Å². The van der Waals surface area contributed by atoms with Gasteiger partial charge in [-0.3, -0.25) is 14.8 Å². The van der Waals surface area contributed by atoms with Gasteiger partial charge in [0.15, 0.2) is 0 Å². The van der Waals surface area contributed by atoms with Gasteiger partial charge in [0.05, 0.1) is 5.69 Å². The van der Waals surface area contributed by atoms with E-state index in [1.165, 1.54) is 10.4 Å². The van der Waals surface area contributed by atoms with E-state index in [0.717, 1.165) is 43.9 Å². The molecule has 0 spiro atoms. The lowest BCUT2D eigenvalue weighted by Gasteiger charge is -2.31. The molecule has 0 bridgehead atoms. The topological polar surface area (TPSA) is 111 Å². The SMILES string of the molecule is CC(C)[C@H](NC(=O)Nc1cc(F)ccc1F)C(=O)N(CC(=O)NO)CC1CCCC1. The quantitative estimate of drug-likeness (QED) is 0.378. The summed E-state index contributed by atoms with van der Waals surface area (Å²) in [5, 5.41) is 13.5. The van der Waals surface area contributed by atoms with Crippen molar-refractivity contribution < 1.29 is 28.4 Å². The van der Waals surface area contributed by atoms with E-state index in [9.17, 15) is 23.2 Å². The number of carbonyl (C=O) groups excluding carboxylic acids is 3. The van der Waals surface area contributed by atoms with Crippen LogP contribution < -0.4 is 16.1 Å². The number of nitrogens with zero attached hydrogens (tertiary/aromatic N) is 1. The zero-order valence-electron chi connectivity index (χ0n) is 17.1. The van der Waals surface area contributed by atoms with Crippen molar-refractivity contribution in [2.24, 2.45) is 11.8 Å². The van der Waals surface area contributed by atoms with Gasteiger partial charge in [0.1, 0.15) is 24.2 Å². The van der Waals surface area contributed by atoms with Crippen LogP contribution in [0.15, 0.2) is 18.2 Å². The molecule has 0 saturated heterocycles. The summed E-state index contributed by atoms with van der Waals surface area (Å²) in [7, 11) is 0. The van der Waals surface area contributed by atoms with Crippen molar-refractivity contribution in [1.29, 1.82) is 0 Å². The molecule has 2 rings (SSSR count). The Hall–Kier alpha value is -2.75. The molecular formula is C20H28F2N4O4. The third-order valence-corrected chi connectivity index (χ3v) is 5.12. The zero-order valence-corrected chi connectivity index (χ0v) is 17.1. The van der Waals surface area contributed by atoms with Gasteiger partial charge in [-0.05, 0) is 36.8 Å². The van der Waals surface area contributed by atoms with Crippen molar-refractivity contribution in [1.82, 2.24) is 15.7 Å². The monoisotopic (exact) mass is 426 g/mol. The number of benzene rings is 1. The molecule has 4 N–H and O–H groups in total. The minimum Gasteiger partial charge on any atom is -0.331 e. The fraction of sp³-hybridized carbons (Fsp3) is 0.550. The number of amides is 4. The molecule has 1 atom stereocenters. The van der Waals surface area contributed by atoms with Gasteiger partial charge < -0.3 is 15.5 Å². The largest absolute Gasteiger partial charge is 0.331 e. The van der Waals surface area contributed by atoms with Crippen molar-refractivity contribution in [2.75, 3.05) is 18.4 Å². The number of hydroxylamine groups is 1. The third kappa shape index (κ3) is 6.65. The van der Waals surface area contributed by atoms with E-state index in [2.05, 4.69) is 10.6 Å². The number of rotatable bonds is 8. The first-order valence-corrected chi connectivity index (χ1v) is 9.95. The number of hydrogen-bond acceptors (Lipinski definition) is 4. The summed E-state index contributed by atoms with van der Waals surface area (Å²) < 4.78 is 27.1. The summed E-state index contributed by atoms with van der Waals surface area (Å²) in [5.41, 5.74) is 1.16. The first-order valence-electron chi connectivity index (χ1n) is 9.95. The maximum absolute atomic E-state index is 13.8. The average Bonchev–Trinajstić information content (AvgIpc) is 3.20. The first-order chi connectivity index (χ1) is 14.2. The van der Waals surface area contributed by atoms with Gasteiger partial charge in [0, 0.05) is 12.6 Å². The molecule has 0 aromatic heterocycles. The van der Waals surface area contributed by atoms with E-state index in [1.807, 2.05) is 0 Å². The highest BCUT2D eigenvalue weighted by Gasteiger charge is 2.32. The molecule has 1 aromatic carbocycles. The summed E-state index contributed by atoms with van der Waals surface area (Å²) in [4.78, 5) is 38.5. The van der Waals surface area contributed by atoms with Crippen molar-refractivity contribution in [3.05, 3.63) is 29.8 Å². The lowest BCUT2D eigenvalue weighted by Crippen LogP contribution is -2.54. The molecule has 8 nitrogen and oxygen atoms in total. The number of anilines is 1. The number of nitrogens with one attached hydrogen (secondary N) is 3. The predicted molar refractivity (Wildman–Crippen MR) is 106 cm³/mol. The fourth-order valence-electron chi connectivity index (χ4n) is 3.55. The molecule has 1 aliphatic rings. The van der Waals surface area contributed by atoms with Crippen LogP contribution >= 0.6 is 0 Å². The Morgan fingerprint density at radius 3 is 2.47 bits per heavy atom. The molecule has 0 radical (unpaired) electrons. The van der Waals surface area contributed by atoms with Crippen molar-refractivity contribution in [3.63, 3.8) is 0 Å². The van der Waals surface area contributed by atoms with Crippen LogP contribution in [0.1, 0.15) is 39.5 Å². The highest BCUT2D eigenvalue weighted by atomic mass is 19.1. The first kappa shape index (κ1) is 23.5. The molecule has 1 saturated carbocycles. The highest BCUT2D eigenvalue weighted by molar-refractivity contribution is 5.94. The number of hydrogen-bond donors (Lipinski definition) is 4. The summed E-state index contributed by atoms with van der Waals surface area (Å²) in [5.74, 6) is -2.87. The molecule has 30 heavy (non-hydrogen) atoms. The minimum atomic E-state index is -1.01. The Morgan fingerprint density at radius 2 is 1.87 bits per heavy atom. The van der Waals surface area contributed by atoms with Gasteiger partial charge in [-0.1, -0.05) is 26.7 Å². The summed E-state index contributed by atoms with van der Waals surface area (Å²) in [6.07, 6.45) is 3.96. The Kier molecular flexibility index (Phi) is 8.52.